The van der Waals surface area contributed by atoms with Gasteiger partial charge in [-0.3, -0.25) is 9.36 Å². The Balaban J connectivity index is 1.81. The molecule has 0 saturated heterocycles. The van der Waals surface area contributed by atoms with E-state index >= 15 is 0 Å². The molecule has 0 spiro atoms. The Morgan fingerprint density at radius 3 is 2.70 bits per heavy atom. The molecular weight excluding hydrogens is 367 g/mol. The molecule has 0 aliphatic heterocycles. The van der Waals surface area contributed by atoms with Gasteiger partial charge in [0.15, 0.2) is 16.7 Å². The van der Waals surface area contributed by atoms with E-state index in [1.165, 1.54) is 17.8 Å². The van der Waals surface area contributed by atoms with E-state index in [9.17, 15) is 9.18 Å². The van der Waals surface area contributed by atoms with E-state index in [-0.39, 0.29) is 17.4 Å². The number of aromatic nitrogens is 2. The molecule has 0 N–H and O–H groups in total. The lowest BCUT2D eigenvalue weighted by Crippen LogP contribution is -2.28. The molecule has 1 atom stereocenters. The molecule has 0 saturated carbocycles. The number of hydrogen-bond donors (Lipinski definition) is 0. The number of halogens is 1. The minimum absolute atomic E-state index is 0.0947. The normalized spacial score (nSPS) is 12.3. The van der Waals surface area contributed by atoms with Crippen molar-refractivity contribution < 1.29 is 13.9 Å². The predicted octanol–water partition coefficient (Wildman–Crippen LogP) is 3.91. The number of thioether (sulfide) groups is 1. The lowest BCUT2D eigenvalue weighted by molar-refractivity contribution is 0.156. The van der Waals surface area contributed by atoms with Crippen LogP contribution in [0.3, 0.4) is 0 Å². The third-order valence-corrected chi connectivity index (χ3v) is 4.95. The maximum absolute atomic E-state index is 13.6. The van der Waals surface area contributed by atoms with Gasteiger partial charge in [-0.05, 0) is 31.2 Å². The van der Waals surface area contributed by atoms with E-state index in [1.54, 1.807) is 35.9 Å². The number of rotatable bonds is 8. The van der Waals surface area contributed by atoms with Crippen LogP contribution >= 0.6 is 11.8 Å². The Hall–Kier alpha value is -2.38. The van der Waals surface area contributed by atoms with Gasteiger partial charge in [-0.15, -0.1) is 0 Å². The van der Waals surface area contributed by atoms with E-state index in [2.05, 4.69) is 4.98 Å². The average molecular weight is 388 g/mol. The highest BCUT2D eigenvalue weighted by molar-refractivity contribution is 7.99. The fourth-order valence-electron chi connectivity index (χ4n) is 2.78. The molecule has 5 nitrogen and oxygen atoms in total. The van der Waals surface area contributed by atoms with Gasteiger partial charge in [0.2, 0.25) is 0 Å². The second-order valence-electron chi connectivity index (χ2n) is 6.02. The van der Waals surface area contributed by atoms with Crippen LogP contribution in [0.2, 0.25) is 0 Å². The smallest absolute Gasteiger partial charge is 0.262 e. The SMILES string of the molecule is COC[C@H](C)n1c(SCCOc2ccccc2F)nc2ccccc2c1=O. The van der Waals surface area contributed by atoms with Gasteiger partial charge in [-0.1, -0.05) is 36.0 Å². The Bertz CT molecular complexity index is 977. The van der Waals surface area contributed by atoms with Crippen molar-refractivity contribution in [2.75, 3.05) is 26.1 Å². The number of ether oxygens (including phenoxy) is 2. The summed E-state index contributed by atoms with van der Waals surface area (Å²) in [6, 6.07) is 13.4. The fourth-order valence-corrected chi connectivity index (χ4v) is 3.69. The van der Waals surface area contributed by atoms with Crippen molar-refractivity contribution in [2.24, 2.45) is 0 Å². The molecule has 142 valence electrons. The predicted molar refractivity (Wildman–Crippen MR) is 105 cm³/mol. The van der Waals surface area contributed by atoms with Crippen molar-refractivity contribution in [3.63, 3.8) is 0 Å². The van der Waals surface area contributed by atoms with Crippen molar-refractivity contribution >= 4 is 22.7 Å². The monoisotopic (exact) mass is 388 g/mol. The maximum atomic E-state index is 13.6. The van der Waals surface area contributed by atoms with Crippen molar-refractivity contribution in [1.29, 1.82) is 0 Å². The highest BCUT2D eigenvalue weighted by atomic mass is 32.2. The van der Waals surface area contributed by atoms with Crippen molar-refractivity contribution in [3.05, 3.63) is 64.7 Å². The first-order chi connectivity index (χ1) is 13.1. The molecule has 0 bridgehead atoms. The van der Waals surface area contributed by atoms with Gasteiger partial charge in [0.1, 0.15) is 0 Å². The van der Waals surface area contributed by atoms with Gasteiger partial charge in [0, 0.05) is 12.9 Å². The Labute approximate surface area is 161 Å². The zero-order valence-electron chi connectivity index (χ0n) is 15.2. The summed E-state index contributed by atoms with van der Waals surface area (Å²) in [4.78, 5) is 17.6. The van der Waals surface area contributed by atoms with Crippen LogP contribution in [0.25, 0.3) is 10.9 Å². The second kappa shape index (κ2) is 9.01. The number of methoxy groups -OCH3 is 1. The lowest BCUT2D eigenvalue weighted by atomic mass is 10.2. The second-order valence-corrected chi connectivity index (χ2v) is 7.08. The first kappa shape index (κ1) is 19.4. The zero-order valence-corrected chi connectivity index (χ0v) is 16.0. The molecular formula is C20H21FN2O3S. The van der Waals surface area contributed by atoms with Gasteiger partial charge >= 0.3 is 0 Å². The van der Waals surface area contributed by atoms with Gasteiger partial charge in [0.05, 0.1) is 30.2 Å². The third-order valence-electron chi connectivity index (χ3n) is 4.03. The van der Waals surface area contributed by atoms with Crippen LogP contribution in [-0.4, -0.2) is 35.6 Å². The van der Waals surface area contributed by atoms with Crippen molar-refractivity contribution in [2.45, 2.75) is 18.1 Å². The van der Waals surface area contributed by atoms with Crippen LogP contribution < -0.4 is 10.3 Å². The molecule has 0 unspecified atom stereocenters. The number of nitrogens with zero attached hydrogens (tertiary/aromatic N) is 2. The number of benzene rings is 2. The van der Waals surface area contributed by atoms with Crippen molar-refractivity contribution in [1.82, 2.24) is 9.55 Å². The highest BCUT2D eigenvalue weighted by Gasteiger charge is 2.16. The Kier molecular flexibility index (Phi) is 6.47. The summed E-state index contributed by atoms with van der Waals surface area (Å²) in [6.45, 7) is 2.62. The first-order valence-electron chi connectivity index (χ1n) is 8.62. The molecule has 1 heterocycles. The number of para-hydroxylation sites is 2. The van der Waals surface area contributed by atoms with Gasteiger partial charge < -0.3 is 9.47 Å². The maximum Gasteiger partial charge on any atom is 0.262 e. The molecule has 1 aromatic heterocycles. The average Bonchev–Trinajstić information content (AvgIpc) is 2.67. The molecule has 0 amide bonds. The quantitative estimate of drug-likeness (QED) is 0.333. The van der Waals surface area contributed by atoms with E-state index < -0.39 is 5.82 Å². The standard InChI is InChI=1S/C20H21FN2O3S/c1-14(13-25-2)23-19(24)15-7-3-5-9-17(15)22-20(23)27-12-11-26-18-10-6-4-8-16(18)21/h3-10,14H,11-13H2,1-2H3/t14-/m0/s1. The molecule has 7 heteroatoms. The largest absolute Gasteiger partial charge is 0.490 e. The minimum atomic E-state index is -0.392. The summed E-state index contributed by atoms with van der Waals surface area (Å²) in [5.41, 5.74) is 0.559. The summed E-state index contributed by atoms with van der Waals surface area (Å²) in [5.74, 6) is 0.352. The molecule has 3 aromatic rings. The van der Waals surface area contributed by atoms with E-state index in [4.69, 9.17) is 9.47 Å². The molecule has 2 aromatic carbocycles. The summed E-state index contributed by atoms with van der Waals surface area (Å²) >= 11 is 1.40. The van der Waals surface area contributed by atoms with Crippen LogP contribution in [-0.2, 0) is 4.74 Å². The van der Waals surface area contributed by atoms with Crippen LogP contribution in [0.1, 0.15) is 13.0 Å². The van der Waals surface area contributed by atoms with Crippen LogP contribution in [0.5, 0.6) is 5.75 Å². The van der Waals surface area contributed by atoms with Gasteiger partial charge in [0.25, 0.3) is 5.56 Å². The minimum Gasteiger partial charge on any atom is -0.490 e. The molecule has 0 radical (unpaired) electrons. The van der Waals surface area contributed by atoms with Crippen LogP contribution in [0, 0.1) is 5.82 Å². The fraction of sp³-hybridized carbons (Fsp3) is 0.300. The van der Waals surface area contributed by atoms with Crippen LogP contribution in [0.15, 0.2) is 58.5 Å². The molecule has 3 rings (SSSR count). The van der Waals surface area contributed by atoms with Crippen LogP contribution in [0.4, 0.5) is 4.39 Å². The van der Waals surface area contributed by atoms with E-state index in [1.807, 2.05) is 25.1 Å². The van der Waals surface area contributed by atoms with E-state index in [0.717, 1.165) is 0 Å². The highest BCUT2D eigenvalue weighted by Crippen LogP contribution is 2.22. The molecule has 0 fully saturated rings. The van der Waals surface area contributed by atoms with Gasteiger partial charge in [-0.2, -0.15) is 0 Å². The molecule has 0 aliphatic rings. The Morgan fingerprint density at radius 1 is 1.19 bits per heavy atom. The summed E-state index contributed by atoms with van der Waals surface area (Å²) in [5, 5.41) is 1.17. The Morgan fingerprint density at radius 2 is 1.93 bits per heavy atom. The molecule has 27 heavy (non-hydrogen) atoms. The number of fused-ring (bicyclic) bond motifs is 1. The first-order valence-corrected chi connectivity index (χ1v) is 9.60. The topological polar surface area (TPSA) is 53.4 Å². The summed E-state index contributed by atoms with van der Waals surface area (Å²) < 4.78 is 26.0. The lowest BCUT2D eigenvalue weighted by Gasteiger charge is -2.19. The van der Waals surface area contributed by atoms with Crippen molar-refractivity contribution in [3.8, 4) is 5.75 Å². The zero-order chi connectivity index (χ0) is 19.2. The number of hydrogen-bond acceptors (Lipinski definition) is 5. The third kappa shape index (κ3) is 4.48. The summed E-state index contributed by atoms with van der Waals surface area (Å²) in [6.07, 6.45) is 0. The van der Waals surface area contributed by atoms with Gasteiger partial charge in [-0.25, -0.2) is 9.37 Å². The summed E-state index contributed by atoms with van der Waals surface area (Å²) in [7, 11) is 1.60. The van der Waals surface area contributed by atoms with E-state index in [0.29, 0.717) is 35.0 Å². The molecule has 0 aliphatic carbocycles.